The van der Waals surface area contributed by atoms with Crippen molar-refractivity contribution in [3.8, 4) is 0 Å². The van der Waals surface area contributed by atoms with Crippen molar-refractivity contribution in [1.82, 2.24) is 14.5 Å². The Morgan fingerprint density at radius 1 is 1.21 bits per heavy atom. The van der Waals surface area contributed by atoms with Crippen LogP contribution in [0, 0.1) is 0 Å². The Morgan fingerprint density at radius 2 is 1.71 bits per heavy atom. The van der Waals surface area contributed by atoms with Crippen molar-refractivity contribution in [2.75, 3.05) is 20.6 Å². The molecule has 0 radical (unpaired) electrons. The van der Waals surface area contributed by atoms with Gasteiger partial charge in [0.25, 0.3) is 8.56 Å². The second kappa shape index (κ2) is 5.26. The van der Waals surface area contributed by atoms with E-state index in [2.05, 4.69) is 42.1 Å². The minimum absolute atomic E-state index is 0.816. The molecule has 0 aromatic heterocycles. The normalized spacial score (nSPS) is 19.5. The molecule has 0 atom stereocenters. The molecule has 0 unspecified atom stereocenters. The first-order chi connectivity index (χ1) is 6.68. The summed E-state index contributed by atoms with van der Waals surface area (Å²) in [6.07, 6.45) is 5.61. The summed E-state index contributed by atoms with van der Waals surface area (Å²) in [6.45, 7) is 5.79. The van der Waals surface area contributed by atoms with E-state index >= 15 is 0 Å². The highest BCUT2D eigenvalue weighted by Gasteiger charge is 2.37. The maximum Gasteiger partial charge on any atom is 0.280 e. The molecule has 0 amide bonds. The summed E-state index contributed by atoms with van der Waals surface area (Å²) < 4.78 is 2.68. The van der Waals surface area contributed by atoms with Crippen molar-refractivity contribution >= 4 is 8.56 Å². The lowest BCUT2D eigenvalue weighted by Gasteiger charge is -2.41. The molecule has 0 aliphatic heterocycles. The first-order valence-electron chi connectivity index (χ1n) is 5.82. The highest BCUT2D eigenvalue weighted by atomic mass is 28.4. The van der Waals surface area contributed by atoms with Gasteiger partial charge in [-0.3, -0.25) is 4.57 Å². The van der Waals surface area contributed by atoms with Gasteiger partial charge in [0.15, 0.2) is 0 Å². The molecule has 1 aliphatic carbocycles. The molecule has 0 bridgehead atoms. The van der Waals surface area contributed by atoms with Crippen LogP contribution in [-0.4, -0.2) is 39.8 Å². The second-order valence-corrected chi connectivity index (χ2v) is 8.02. The van der Waals surface area contributed by atoms with Crippen LogP contribution in [0.4, 0.5) is 0 Å². The van der Waals surface area contributed by atoms with Gasteiger partial charge in [-0.05, 0) is 40.0 Å². The molecule has 1 rings (SSSR count). The van der Waals surface area contributed by atoms with Gasteiger partial charge in [0.05, 0.1) is 0 Å². The van der Waals surface area contributed by atoms with Gasteiger partial charge in [0.1, 0.15) is 0 Å². The Bertz CT molecular complexity index is 165. The summed E-state index contributed by atoms with van der Waals surface area (Å²) in [5.41, 5.74) is 0. The molecular formula is C10H25N3Si. The van der Waals surface area contributed by atoms with Crippen LogP contribution in [0.25, 0.3) is 0 Å². The van der Waals surface area contributed by atoms with E-state index in [0.717, 1.165) is 12.6 Å². The Kier molecular flexibility index (Phi) is 4.57. The van der Waals surface area contributed by atoms with E-state index in [9.17, 15) is 0 Å². The van der Waals surface area contributed by atoms with E-state index in [1.807, 2.05) is 0 Å². The average Bonchev–Trinajstić information content (AvgIpc) is 2.72. The van der Waals surface area contributed by atoms with Crippen molar-refractivity contribution in [3.63, 3.8) is 0 Å². The summed E-state index contributed by atoms with van der Waals surface area (Å²) in [6, 6.07) is 0.816. The number of nitrogens with zero attached hydrogens (tertiary/aromatic N) is 1. The summed E-state index contributed by atoms with van der Waals surface area (Å²) in [5, 5.41) is 0. The molecule has 3 nitrogen and oxygen atoms in total. The zero-order chi connectivity index (χ0) is 10.6. The lowest BCUT2D eigenvalue weighted by molar-refractivity contribution is 0.317. The van der Waals surface area contributed by atoms with Gasteiger partial charge in [-0.15, -0.1) is 0 Å². The molecule has 1 saturated carbocycles. The number of hydrogen-bond donors (Lipinski definition) is 2. The quantitative estimate of drug-likeness (QED) is 0.676. The lowest BCUT2D eigenvalue weighted by Crippen LogP contribution is -2.71. The number of nitrogens with one attached hydrogen (secondary N) is 2. The maximum atomic E-state index is 3.51. The van der Waals surface area contributed by atoms with E-state index in [4.69, 9.17) is 0 Å². The zero-order valence-corrected chi connectivity index (χ0v) is 11.1. The predicted molar refractivity (Wildman–Crippen MR) is 64.4 cm³/mol. The van der Waals surface area contributed by atoms with Gasteiger partial charge >= 0.3 is 0 Å². The van der Waals surface area contributed by atoms with E-state index in [-0.39, 0.29) is 0 Å². The van der Waals surface area contributed by atoms with Crippen LogP contribution >= 0.6 is 0 Å². The van der Waals surface area contributed by atoms with Crippen LogP contribution < -0.4 is 9.96 Å². The van der Waals surface area contributed by atoms with Crippen molar-refractivity contribution in [1.29, 1.82) is 0 Å². The third-order valence-electron chi connectivity index (χ3n) is 3.65. The van der Waals surface area contributed by atoms with Gasteiger partial charge in [0.2, 0.25) is 0 Å². The van der Waals surface area contributed by atoms with E-state index < -0.39 is 8.56 Å². The standard InChI is InChI=1S/C10H25N3Si/c1-5-13(10-8-6-7-9-10)14(4,11-2)12-3/h10-12H,5-9H2,1-4H3. The summed E-state index contributed by atoms with van der Waals surface area (Å²) in [5.74, 6) is 0. The fourth-order valence-electron chi connectivity index (χ4n) is 2.57. The lowest BCUT2D eigenvalue weighted by atomic mass is 10.2. The molecule has 84 valence electrons. The highest BCUT2D eigenvalue weighted by molar-refractivity contribution is 6.70. The second-order valence-electron chi connectivity index (χ2n) is 4.30. The Morgan fingerprint density at radius 3 is 2.07 bits per heavy atom. The fraction of sp³-hybridized carbons (Fsp3) is 1.00. The van der Waals surface area contributed by atoms with Crippen molar-refractivity contribution in [3.05, 3.63) is 0 Å². The van der Waals surface area contributed by atoms with Crippen LogP contribution in [0.15, 0.2) is 0 Å². The topological polar surface area (TPSA) is 27.3 Å². The first-order valence-corrected chi connectivity index (χ1v) is 8.27. The van der Waals surface area contributed by atoms with Gasteiger partial charge in [-0.25, -0.2) is 0 Å². The van der Waals surface area contributed by atoms with E-state index in [1.165, 1.54) is 25.7 Å². The van der Waals surface area contributed by atoms with E-state index in [1.54, 1.807) is 0 Å². The predicted octanol–water partition coefficient (Wildman–Crippen LogP) is 1.26. The number of rotatable bonds is 5. The van der Waals surface area contributed by atoms with Crippen LogP contribution in [0.2, 0.25) is 6.55 Å². The zero-order valence-electron chi connectivity index (χ0n) is 10.1. The van der Waals surface area contributed by atoms with Crippen LogP contribution in [-0.2, 0) is 0 Å². The monoisotopic (exact) mass is 215 g/mol. The van der Waals surface area contributed by atoms with Gasteiger partial charge in [-0.2, -0.15) is 0 Å². The molecule has 14 heavy (non-hydrogen) atoms. The molecular weight excluding hydrogens is 190 g/mol. The average molecular weight is 215 g/mol. The maximum absolute atomic E-state index is 3.51. The Hall–Kier alpha value is 0.0969. The molecule has 0 spiro atoms. The minimum atomic E-state index is -1.56. The van der Waals surface area contributed by atoms with Crippen LogP contribution in [0.1, 0.15) is 32.6 Å². The molecule has 0 aromatic rings. The largest absolute Gasteiger partial charge is 0.316 e. The molecule has 1 aliphatic rings. The highest BCUT2D eigenvalue weighted by Crippen LogP contribution is 2.25. The van der Waals surface area contributed by atoms with Gasteiger partial charge in [-0.1, -0.05) is 19.8 Å². The smallest absolute Gasteiger partial charge is 0.280 e. The molecule has 0 aromatic carbocycles. The first kappa shape index (κ1) is 12.2. The van der Waals surface area contributed by atoms with Crippen molar-refractivity contribution < 1.29 is 0 Å². The Balaban J connectivity index is 2.67. The SMILES string of the molecule is CCN(C1CCCC1)[Si](C)(NC)NC. The fourth-order valence-corrected chi connectivity index (χ4v) is 5.01. The summed E-state index contributed by atoms with van der Waals surface area (Å²) in [4.78, 5) is 7.02. The molecule has 4 heteroatoms. The summed E-state index contributed by atoms with van der Waals surface area (Å²) >= 11 is 0. The molecule has 0 saturated heterocycles. The third kappa shape index (κ3) is 2.37. The van der Waals surface area contributed by atoms with E-state index in [0.29, 0.717) is 0 Å². The van der Waals surface area contributed by atoms with Gasteiger partial charge < -0.3 is 9.96 Å². The molecule has 2 N–H and O–H groups in total. The minimum Gasteiger partial charge on any atom is -0.316 e. The number of hydrogen-bond acceptors (Lipinski definition) is 3. The van der Waals surface area contributed by atoms with Crippen LogP contribution in [0.5, 0.6) is 0 Å². The third-order valence-corrected chi connectivity index (χ3v) is 7.43. The van der Waals surface area contributed by atoms with Crippen LogP contribution in [0.3, 0.4) is 0 Å². The van der Waals surface area contributed by atoms with Crippen molar-refractivity contribution in [2.45, 2.75) is 45.2 Å². The summed E-state index contributed by atoms with van der Waals surface area (Å²) in [7, 11) is 2.61. The molecule has 0 heterocycles. The van der Waals surface area contributed by atoms with Crippen molar-refractivity contribution in [2.24, 2.45) is 0 Å². The molecule has 1 fully saturated rings. The Labute approximate surface area is 89.5 Å². The van der Waals surface area contributed by atoms with Gasteiger partial charge in [0, 0.05) is 6.04 Å².